The average molecular weight is 310 g/mol. The van der Waals surface area contributed by atoms with Gasteiger partial charge in [-0.15, -0.1) is 0 Å². The first-order chi connectivity index (χ1) is 8.56. The van der Waals surface area contributed by atoms with Crippen LogP contribution in [0.15, 0.2) is 47.1 Å². The summed E-state index contributed by atoms with van der Waals surface area (Å²) in [4.78, 5) is 1.82. The van der Waals surface area contributed by atoms with Gasteiger partial charge in [-0.1, -0.05) is 12.6 Å². The molecule has 1 heterocycles. The van der Waals surface area contributed by atoms with Gasteiger partial charge in [0, 0.05) is 17.2 Å². The van der Waals surface area contributed by atoms with E-state index < -0.39 is 0 Å². The van der Waals surface area contributed by atoms with Crippen molar-refractivity contribution in [2.75, 3.05) is 14.2 Å². The molecule has 18 heavy (non-hydrogen) atoms. The van der Waals surface area contributed by atoms with E-state index in [1.165, 1.54) is 13.2 Å². The third-order valence-electron chi connectivity index (χ3n) is 2.88. The van der Waals surface area contributed by atoms with Crippen molar-refractivity contribution >= 4 is 21.6 Å². The number of hydrogen-bond acceptors (Lipinski definition) is 2. The van der Waals surface area contributed by atoms with Gasteiger partial charge in [0.2, 0.25) is 0 Å². The first-order valence-electron chi connectivity index (χ1n) is 5.39. The molecule has 0 N–H and O–H groups in total. The highest BCUT2D eigenvalue weighted by Gasteiger charge is 2.21. The third kappa shape index (κ3) is 2.08. The predicted molar refractivity (Wildman–Crippen MR) is 74.8 cm³/mol. The van der Waals surface area contributed by atoms with Crippen LogP contribution < -0.4 is 4.74 Å². The van der Waals surface area contributed by atoms with E-state index >= 15 is 0 Å². The molecular formula is C14H13BrFNO. The monoisotopic (exact) mass is 309 g/mol. The topological polar surface area (TPSA) is 12.5 Å². The molecule has 4 heteroatoms. The van der Waals surface area contributed by atoms with E-state index in [0.717, 1.165) is 15.9 Å². The van der Waals surface area contributed by atoms with Gasteiger partial charge in [-0.05, 0) is 40.2 Å². The Labute approximate surface area is 114 Å². The minimum absolute atomic E-state index is 0.313. The molecule has 2 nitrogen and oxygen atoms in total. The van der Waals surface area contributed by atoms with Crippen molar-refractivity contribution < 1.29 is 9.13 Å². The quantitative estimate of drug-likeness (QED) is 0.821. The molecule has 0 radical (unpaired) electrons. The van der Waals surface area contributed by atoms with Crippen molar-refractivity contribution in [1.82, 2.24) is 4.90 Å². The van der Waals surface area contributed by atoms with Crippen LogP contribution in [0, 0.1) is 5.82 Å². The van der Waals surface area contributed by atoms with Crippen LogP contribution in [-0.4, -0.2) is 19.1 Å². The van der Waals surface area contributed by atoms with E-state index in [0.29, 0.717) is 11.3 Å². The van der Waals surface area contributed by atoms with Gasteiger partial charge in [0.25, 0.3) is 0 Å². The SMILES string of the molecule is C=C1C(Br)=CC=C(c2c(F)cccc2OC)N1C. The van der Waals surface area contributed by atoms with Gasteiger partial charge < -0.3 is 9.64 Å². The summed E-state index contributed by atoms with van der Waals surface area (Å²) in [6.45, 7) is 3.94. The predicted octanol–water partition coefficient (Wildman–Crippen LogP) is 3.91. The van der Waals surface area contributed by atoms with Crippen molar-refractivity contribution in [3.63, 3.8) is 0 Å². The number of benzene rings is 1. The molecule has 1 aliphatic rings. The van der Waals surface area contributed by atoms with Crippen LogP contribution in [0.2, 0.25) is 0 Å². The number of nitrogens with zero attached hydrogens (tertiary/aromatic N) is 1. The molecule has 0 unspecified atom stereocenters. The summed E-state index contributed by atoms with van der Waals surface area (Å²) >= 11 is 3.40. The molecule has 1 aromatic rings. The molecule has 0 aliphatic carbocycles. The van der Waals surface area contributed by atoms with Crippen molar-refractivity contribution in [3.8, 4) is 5.75 Å². The molecule has 0 atom stereocenters. The molecule has 0 spiro atoms. The van der Waals surface area contributed by atoms with Gasteiger partial charge in [0.05, 0.1) is 18.4 Å². The Bertz CT molecular complexity index is 563. The lowest BCUT2D eigenvalue weighted by molar-refractivity contribution is 0.407. The van der Waals surface area contributed by atoms with E-state index in [-0.39, 0.29) is 5.82 Å². The highest BCUT2D eigenvalue weighted by atomic mass is 79.9. The van der Waals surface area contributed by atoms with E-state index in [1.807, 2.05) is 24.1 Å². The van der Waals surface area contributed by atoms with E-state index in [9.17, 15) is 4.39 Å². The van der Waals surface area contributed by atoms with E-state index in [4.69, 9.17) is 4.74 Å². The van der Waals surface area contributed by atoms with Crippen LogP contribution in [-0.2, 0) is 0 Å². The van der Waals surface area contributed by atoms with Crippen LogP contribution in [0.5, 0.6) is 5.75 Å². The van der Waals surface area contributed by atoms with Gasteiger partial charge in [-0.3, -0.25) is 0 Å². The molecule has 1 aliphatic heterocycles. The zero-order chi connectivity index (χ0) is 13.3. The Morgan fingerprint density at radius 1 is 1.33 bits per heavy atom. The fourth-order valence-corrected chi connectivity index (χ4v) is 2.24. The Kier molecular flexibility index (Phi) is 3.57. The molecule has 0 amide bonds. The largest absolute Gasteiger partial charge is 0.496 e. The Balaban J connectivity index is 2.59. The minimum Gasteiger partial charge on any atom is -0.496 e. The fraction of sp³-hybridized carbons (Fsp3) is 0.143. The van der Waals surface area contributed by atoms with Crippen LogP contribution in [0.25, 0.3) is 5.70 Å². The van der Waals surface area contributed by atoms with Crippen molar-refractivity contribution in [3.05, 3.63) is 58.5 Å². The molecule has 0 saturated carbocycles. The number of rotatable bonds is 2. The van der Waals surface area contributed by atoms with E-state index in [2.05, 4.69) is 22.5 Å². The first-order valence-corrected chi connectivity index (χ1v) is 6.19. The first kappa shape index (κ1) is 12.9. The second kappa shape index (κ2) is 4.98. The zero-order valence-corrected chi connectivity index (χ0v) is 11.8. The summed E-state index contributed by atoms with van der Waals surface area (Å²) in [5.41, 5.74) is 1.94. The Morgan fingerprint density at radius 2 is 2.06 bits per heavy atom. The van der Waals surface area contributed by atoms with Crippen LogP contribution in [0.1, 0.15) is 5.56 Å². The molecule has 94 valence electrons. The number of allylic oxidation sites excluding steroid dienone is 3. The average Bonchev–Trinajstić information content (AvgIpc) is 2.37. The van der Waals surface area contributed by atoms with Gasteiger partial charge in [0.1, 0.15) is 11.6 Å². The van der Waals surface area contributed by atoms with Crippen molar-refractivity contribution in [2.45, 2.75) is 0 Å². The lowest BCUT2D eigenvalue weighted by Gasteiger charge is -2.28. The number of methoxy groups -OCH3 is 1. The summed E-state index contributed by atoms with van der Waals surface area (Å²) in [5, 5.41) is 0. The van der Waals surface area contributed by atoms with Crippen LogP contribution >= 0.6 is 15.9 Å². The molecular weight excluding hydrogens is 297 g/mol. The minimum atomic E-state index is -0.313. The van der Waals surface area contributed by atoms with E-state index in [1.54, 1.807) is 12.1 Å². The summed E-state index contributed by atoms with van der Waals surface area (Å²) in [7, 11) is 3.37. The summed E-state index contributed by atoms with van der Waals surface area (Å²) in [6.07, 6.45) is 3.68. The maximum Gasteiger partial charge on any atom is 0.136 e. The summed E-state index contributed by atoms with van der Waals surface area (Å²) in [5.74, 6) is 0.194. The second-order valence-electron chi connectivity index (χ2n) is 3.89. The Hall–Kier alpha value is -1.55. The smallest absolute Gasteiger partial charge is 0.136 e. The van der Waals surface area contributed by atoms with Crippen molar-refractivity contribution in [1.29, 1.82) is 0 Å². The van der Waals surface area contributed by atoms with Gasteiger partial charge in [-0.2, -0.15) is 0 Å². The maximum absolute atomic E-state index is 14.0. The molecule has 0 saturated heterocycles. The Morgan fingerprint density at radius 3 is 2.72 bits per heavy atom. The zero-order valence-electron chi connectivity index (χ0n) is 10.2. The number of ether oxygens (including phenoxy) is 1. The maximum atomic E-state index is 14.0. The molecule has 0 bridgehead atoms. The number of hydrogen-bond donors (Lipinski definition) is 0. The van der Waals surface area contributed by atoms with Crippen molar-refractivity contribution in [2.24, 2.45) is 0 Å². The van der Waals surface area contributed by atoms with Crippen LogP contribution in [0.4, 0.5) is 4.39 Å². The fourth-order valence-electron chi connectivity index (χ4n) is 1.84. The molecule has 1 aromatic carbocycles. The summed E-state index contributed by atoms with van der Waals surface area (Å²) in [6, 6.07) is 4.79. The van der Waals surface area contributed by atoms with Gasteiger partial charge >= 0.3 is 0 Å². The van der Waals surface area contributed by atoms with Gasteiger partial charge in [-0.25, -0.2) is 4.39 Å². The lowest BCUT2D eigenvalue weighted by atomic mass is 10.1. The van der Waals surface area contributed by atoms with Gasteiger partial charge in [0.15, 0.2) is 0 Å². The number of likely N-dealkylation sites (N-methyl/N-ethyl adjacent to an activating group) is 1. The molecule has 0 aromatic heterocycles. The number of halogens is 2. The van der Waals surface area contributed by atoms with Crippen LogP contribution in [0.3, 0.4) is 0 Å². The third-order valence-corrected chi connectivity index (χ3v) is 3.60. The highest BCUT2D eigenvalue weighted by Crippen LogP contribution is 2.36. The normalized spacial score (nSPS) is 15.3. The highest BCUT2D eigenvalue weighted by molar-refractivity contribution is 9.12. The standard InChI is InChI=1S/C14H13BrFNO/c1-9-10(15)7-8-12(17(9)2)14-11(16)5-4-6-13(14)18-3/h4-8H,1H2,2-3H3. The second-order valence-corrected chi connectivity index (χ2v) is 4.74. The summed E-state index contributed by atoms with van der Waals surface area (Å²) < 4.78 is 20.1. The lowest BCUT2D eigenvalue weighted by Crippen LogP contribution is -2.19. The molecule has 2 rings (SSSR count). The molecule has 0 fully saturated rings.